The van der Waals surface area contributed by atoms with Gasteiger partial charge in [0.15, 0.2) is 11.5 Å². The molecular formula is C29H29IN2O4. The van der Waals surface area contributed by atoms with Gasteiger partial charge in [-0.15, -0.1) is 0 Å². The van der Waals surface area contributed by atoms with E-state index in [1.165, 1.54) is 0 Å². The lowest BCUT2D eigenvalue weighted by atomic mass is 9.96. The van der Waals surface area contributed by atoms with E-state index in [1.807, 2.05) is 54.6 Å². The van der Waals surface area contributed by atoms with Crippen LogP contribution in [0.1, 0.15) is 58.3 Å². The van der Waals surface area contributed by atoms with Gasteiger partial charge in [0.1, 0.15) is 24.7 Å². The zero-order valence-electron chi connectivity index (χ0n) is 20.4. The Morgan fingerprint density at radius 1 is 0.917 bits per heavy atom. The monoisotopic (exact) mass is 596 g/mol. The minimum Gasteiger partial charge on any atom is -0.488 e. The fourth-order valence-electron chi connectivity index (χ4n) is 3.87. The predicted octanol–water partition coefficient (Wildman–Crippen LogP) is 6.44. The van der Waals surface area contributed by atoms with Gasteiger partial charge in [-0.2, -0.15) is 0 Å². The Hall–Kier alpha value is -3.33. The van der Waals surface area contributed by atoms with Crippen LogP contribution in [0.25, 0.3) is 0 Å². The van der Waals surface area contributed by atoms with Crippen molar-refractivity contribution in [1.29, 1.82) is 0 Å². The summed E-state index contributed by atoms with van der Waals surface area (Å²) < 4.78 is 18.7. The van der Waals surface area contributed by atoms with Crippen LogP contribution in [-0.4, -0.2) is 11.1 Å². The Labute approximate surface area is 224 Å². The molecule has 0 fully saturated rings. The average Bonchev–Trinajstić information content (AvgIpc) is 3.26. The van der Waals surface area contributed by atoms with E-state index in [-0.39, 0.29) is 11.6 Å². The maximum absolute atomic E-state index is 11.6. The molecule has 3 aromatic carbocycles. The number of halogens is 1. The number of hydrogen-bond acceptors (Lipinski definition) is 5. The number of aromatic nitrogens is 1. The third-order valence-electron chi connectivity index (χ3n) is 5.84. The molecule has 0 spiro atoms. The zero-order valence-corrected chi connectivity index (χ0v) is 22.5. The summed E-state index contributed by atoms with van der Waals surface area (Å²) >= 11 is 2.06. The van der Waals surface area contributed by atoms with Crippen molar-refractivity contribution in [2.45, 2.75) is 45.8 Å². The molecule has 2 N–H and O–H groups in total. The van der Waals surface area contributed by atoms with Crippen molar-refractivity contribution in [3.63, 3.8) is 0 Å². The Bertz CT molecular complexity index is 1300. The maximum atomic E-state index is 11.6. The van der Waals surface area contributed by atoms with Crippen molar-refractivity contribution in [1.82, 2.24) is 5.16 Å². The maximum Gasteiger partial charge on any atom is 0.272 e. The molecule has 0 bridgehead atoms. The van der Waals surface area contributed by atoms with Crippen LogP contribution in [0.2, 0.25) is 0 Å². The van der Waals surface area contributed by atoms with Gasteiger partial charge in [-0.25, -0.2) is 0 Å². The number of carbonyl (C=O) groups is 1. The first-order valence-electron chi connectivity index (χ1n) is 11.9. The molecule has 0 saturated heterocycles. The largest absolute Gasteiger partial charge is 0.488 e. The Balaban J connectivity index is 1.62. The van der Waals surface area contributed by atoms with Gasteiger partial charge in [-0.05, 0) is 63.2 Å². The molecule has 7 heteroatoms. The molecule has 0 saturated carbocycles. The normalized spacial score (nSPS) is 11.0. The number of ether oxygens (including phenoxy) is 2. The van der Waals surface area contributed by atoms with Crippen LogP contribution in [-0.2, 0) is 26.1 Å². The summed E-state index contributed by atoms with van der Waals surface area (Å²) in [7, 11) is 0. The zero-order chi connectivity index (χ0) is 25.5. The summed E-state index contributed by atoms with van der Waals surface area (Å²) in [6, 6.07) is 24.3. The van der Waals surface area contributed by atoms with E-state index in [1.54, 1.807) is 0 Å². The number of aryl methyl sites for hydroxylation is 2. The number of carbonyl (C=O) groups excluding carboxylic acids is 1. The van der Waals surface area contributed by atoms with Crippen molar-refractivity contribution in [2.24, 2.45) is 5.73 Å². The molecule has 1 amide bonds. The second-order valence-electron chi connectivity index (χ2n) is 8.83. The summed E-state index contributed by atoms with van der Waals surface area (Å²) in [4.78, 5) is 11.6. The van der Waals surface area contributed by atoms with Crippen molar-refractivity contribution in [3.05, 3.63) is 110 Å². The third-order valence-corrected chi connectivity index (χ3v) is 6.96. The molecule has 186 valence electrons. The lowest BCUT2D eigenvalue weighted by Crippen LogP contribution is -2.12. The SMILES string of the molecule is CC(C)c1cc(CCc2onc(C(N)=O)c2I)c(OCc2ccccc2)cc1OCc1ccccc1. The number of benzene rings is 3. The molecule has 36 heavy (non-hydrogen) atoms. The first kappa shape index (κ1) is 25.8. The van der Waals surface area contributed by atoms with Gasteiger partial charge in [0.2, 0.25) is 0 Å². The summed E-state index contributed by atoms with van der Waals surface area (Å²) in [6.45, 7) is 5.22. The summed E-state index contributed by atoms with van der Waals surface area (Å²) in [5.41, 5.74) is 9.89. The molecule has 1 heterocycles. The molecule has 6 nitrogen and oxygen atoms in total. The highest BCUT2D eigenvalue weighted by Crippen LogP contribution is 2.36. The van der Waals surface area contributed by atoms with Crippen molar-refractivity contribution in [2.75, 3.05) is 0 Å². The molecule has 0 atom stereocenters. The second-order valence-corrected chi connectivity index (χ2v) is 9.91. The topological polar surface area (TPSA) is 87.6 Å². The van der Waals surface area contributed by atoms with E-state index < -0.39 is 5.91 Å². The number of nitrogens with two attached hydrogens (primary N) is 1. The minimum absolute atomic E-state index is 0.165. The molecule has 0 aliphatic carbocycles. The number of amides is 1. The van der Waals surface area contributed by atoms with Crippen molar-refractivity contribution >= 4 is 28.5 Å². The molecule has 0 aliphatic heterocycles. The molecule has 4 rings (SSSR count). The smallest absolute Gasteiger partial charge is 0.272 e. The van der Waals surface area contributed by atoms with Crippen LogP contribution in [0.5, 0.6) is 11.5 Å². The van der Waals surface area contributed by atoms with Gasteiger partial charge in [0.25, 0.3) is 5.91 Å². The highest BCUT2D eigenvalue weighted by molar-refractivity contribution is 14.1. The van der Waals surface area contributed by atoms with E-state index in [9.17, 15) is 4.79 Å². The van der Waals surface area contributed by atoms with Crippen LogP contribution in [0.4, 0.5) is 0 Å². The summed E-state index contributed by atoms with van der Waals surface area (Å²) in [5, 5.41) is 3.83. The first-order chi connectivity index (χ1) is 17.4. The quantitative estimate of drug-likeness (QED) is 0.201. The van der Waals surface area contributed by atoms with Crippen LogP contribution in [0.15, 0.2) is 77.3 Å². The molecule has 4 aromatic rings. The molecule has 0 unspecified atom stereocenters. The first-order valence-corrected chi connectivity index (χ1v) is 12.9. The number of primary amides is 1. The van der Waals surface area contributed by atoms with E-state index in [0.717, 1.165) is 33.8 Å². The van der Waals surface area contributed by atoms with Gasteiger partial charge >= 0.3 is 0 Å². The van der Waals surface area contributed by atoms with E-state index in [0.29, 0.717) is 35.4 Å². The molecule has 0 aliphatic rings. The highest BCUT2D eigenvalue weighted by atomic mass is 127. The van der Waals surface area contributed by atoms with Gasteiger partial charge < -0.3 is 19.7 Å². The minimum atomic E-state index is -0.594. The van der Waals surface area contributed by atoms with Gasteiger partial charge in [-0.1, -0.05) is 79.7 Å². The molecule has 0 radical (unpaired) electrons. The van der Waals surface area contributed by atoms with Crippen LogP contribution in [0, 0.1) is 3.57 Å². The standard InChI is InChI=1S/C29H29IN2O4/c1-19(2)23-15-22(13-14-24-27(30)28(29(31)33)32-36-24)25(34-17-20-9-5-3-6-10-20)16-26(23)35-18-21-11-7-4-8-12-21/h3-12,15-16,19H,13-14,17-18H2,1-2H3,(H2,31,33). The third kappa shape index (κ3) is 6.46. The van der Waals surface area contributed by atoms with Crippen molar-refractivity contribution < 1.29 is 18.8 Å². The fourth-order valence-corrected chi connectivity index (χ4v) is 4.60. The van der Waals surface area contributed by atoms with Gasteiger partial charge in [0, 0.05) is 12.5 Å². The van der Waals surface area contributed by atoms with Gasteiger partial charge in [-0.3, -0.25) is 4.79 Å². The second kappa shape index (κ2) is 12.1. The number of nitrogens with zero attached hydrogens (tertiary/aromatic N) is 1. The highest BCUT2D eigenvalue weighted by Gasteiger charge is 2.20. The van der Waals surface area contributed by atoms with E-state index in [4.69, 9.17) is 19.7 Å². The molecule has 1 aromatic heterocycles. The Kier molecular flexibility index (Phi) is 8.64. The van der Waals surface area contributed by atoms with E-state index >= 15 is 0 Å². The predicted molar refractivity (Wildman–Crippen MR) is 147 cm³/mol. The Morgan fingerprint density at radius 2 is 1.50 bits per heavy atom. The van der Waals surface area contributed by atoms with Crippen LogP contribution < -0.4 is 15.2 Å². The van der Waals surface area contributed by atoms with Crippen LogP contribution >= 0.6 is 22.6 Å². The summed E-state index contributed by atoms with van der Waals surface area (Å²) in [6.07, 6.45) is 1.20. The van der Waals surface area contributed by atoms with E-state index in [2.05, 4.69) is 59.8 Å². The lowest BCUT2D eigenvalue weighted by molar-refractivity contribution is 0.0991. The van der Waals surface area contributed by atoms with Crippen molar-refractivity contribution in [3.8, 4) is 11.5 Å². The number of hydrogen-bond donors (Lipinski definition) is 1. The number of rotatable bonds is 11. The lowest BCUT2D eigenvalue weighted by Gasteiger charge is -2.19. The van der Waals surface area contributed by atoms with Gasteiger partial charge in [0.05, 0.1) is 3.57 Å². The van der Waals surface area contributed by atoms with Crippen LogP contribution in [0.3, 0.4) is 0 Å². The fraction of sp³-hybridized carbons (Fsp3) is 0.241. The Morgan fingerprint density at radius 3 is 2.03 bits per heavy atom. The average molecular weight is 596 g/mol. The summed E-state index contributed by atoms with van der Waals surface area (Å²) in [5.74, 6) is 1.86. The molecular weight excluding hydrogens is 567 g/mol.